The number of anilines is 1. The lowest BCUT2D eigenvalue weighted by molar-refractivity contribution is -0.127. The number of piperidine rings is 1. The molecule has 9 nitrogen and oxygen atoms in total. The Balaban J connectivity index is 1.40. The highest BCUT2D eigenvalue weighted by molar-refractivity contribution is 5.92. The number of benzene rings is 2. The molecule has 0 radical (unpaired) electrons. The van der Waals surface area contributed by atoms with E-state index in [0.29, 0.717) is 42.6 Å². The fraction of sp³-hybridized carbons (Fsp3) is 0.367. The molecule has 2 heterocycles. The van der Waals surface area contributed by atoms with Crippen molar-refractivity contribution in [3.63, 3.8) is 0 Å². The summed E-state index contributed by atoms with van der Waals surface area (Å²) in [6.07, 6.45) is 6.77. The molecular formula is C30H34N4O5. The highest BCUT2D eigenvalue weighted by Crippen LogP contribution is 2.40. The van der Waals surface area contributed by atoms with Gasteiger partial charge in [0.2, 0.25) is 5.91 Å². The Morgan fingerprint density at radius 1 is 1.08 bits per heavy atom. The van der Waals surface area contributed by atoms with Gasteiger partial charge in [-0.3, -0.25) is 9.78 Å². The number of hydrogen-bond acceptors (Lipinski definition) is 6. The number of fused-ring (bicyclic) bond motifs is 1. The Bertz CT molecular complexity index is 1380. The first-order chi connectivity index (χ1) is 19.0. The molecule has 2 N–H and O–H groups in total. The van der Waals surface area contributed by atoms with Crippen molar-refractivity contribution in [3.05, 3.63) is 60.8 Å². The van der Waals surface area contributed by atoms with Crippen LogP contribution in [0.3, 0.4) is 0 Å². The summed E-state index contributed by atoms with van der Waals surface area (Å²) in [5.41, 5.74) is 2.41. The summed E-state index contributed by atoms with van der Waals surface area (Å²) in [6.45, 7) is 7.29. The number of hydrogen-bond donors (Lipinski definition) is 2. The third-order valence-electron chi connectivity index (χ3n) is 7.12. The monoisotopic (exact) mass is 530 g/mol. The van der Waals surface area contributed by atoms with Crippen molar-refractivity contribution in [1.82, 2.24) is 15.2 Å². The van der Waals surface area contributed by atoms with Gasteiger partial charge in [0.15, 0.2) is 0 Å². The second-order valence-corrected chi connectivity index (χ2v) is 9.79. The molecule has 9 heteroatoms. The molecule has 1 aliphatic carbocycles. The van der Waals surface area contributed by atoms with Crippen molar-refractivity contribution in [2.24, 2.45) is 0 Å². The summed E-state index contributed by atoms with van der Waals surface area (Å²) in [7, 11) is 1.66. The van der Waals surface area contributed by atoms with E-state index in [9.17, 15) is 9.59 Å². The van der Waals surface area contributed by atoms with Gasteiger partial charge in [-0.2, -0.15) is 0 Å². The van der Waals surface area contributed by atoms with E-state index in [0.717, 1.165) is 47.9 Å². The highest BCUT2D eigenvalue weighted by Gasteiger charge is 2.26. The van der Waals surface area contributed by atoms with Crippen LogP contribution in [-0.2, 0) is 4.79 Å². The molecule has 2 aromatic carbocycles. The predicted octanol–water partition coefficient (Wildman–Crippen LogP) is 5.61. The summed E-state index contributed by atoms with van der Waals surface area (Å²) < 4.78 is 17.9. The number of aromatic nitrogens is 1. The molecule has 3 aromatic rings. The van der Waals surface area contributed by atoms with Crippen LogP contribution in [0.15, 0.2) is 55.3 Å². The second kappa shape index (κ2) is 11.6. The van der Waals surface area contributed by atoms with Crippen LogP contribution in [0.2, 0.25) is 0 Å². The SMILES string of the molecule is C=CC(=O)N1CCC(c2cc3c(Oc4ccc(NC(=O)NC5CC5)c(OCC)c4)ccnc3cc2OC)CC1. The third-order valence-corrected chi connectivity index (χ3v) is 7.12. The van der Waals surface area contributed by atoms with Gasteiger partial charge in [-0.1, -0.05) is 6.58 Å². The number of ether oxygens (including phenoxy) is 3. The van der Waals surface area contributed by atoms with Gasteiger partial charge in [0.25, 0.3) is 0 Å². The number of methoxy groups -OCH3 is 1. The number of amides is 3. The number of nitrogens with zero attached hydrogens (tertiary/aromatic N) is 2. The fourth-order valence-electron chi connectivity index (χ4n) is 4.93. The zero-order valence-electron chi connectivity index (χ0n) is 22.4. The molecule has 1 aromatic heterocycles. The number of carbonyl (C=O) groups excluding carboxylic acids is 2. The molecule has 2 aliphatic rings. The van der Waals surface area contributed by atoms with E-state index >= 15 is 0 Å². The molecule has 3 amide bonds. The van der Waals surface area contributed by atoms with E-state index in [1.54, 1.807) is 31.5 Å². The number of pyridine rings is 1. The van der Waals surface area contributed by atoms with Gasteiger partial charge in [-0.25, -0.2) is 4.79 Å². The normalized spacial score (nSPS) is 15.5. The zero-order valence-corrected chi connectivity index (χ0v) is 22.4. The van der Waals surface area contributed by atoms with Crippen LogP contribution in [0, 0.1) is 0 Å². The van der Waals surface area contributed by atoms with Crippen molar-refractivity contribution in [2.45, 2.75) is 44.6 Å². The topological polar surface area (TPSA) is 102 Å². The molecule has 1 aliphatic heterocycles. The first-order valence-corrected chi connectivity index (χ1v) is 13.4. The van der Waals surface area contributed by atoms with E-state index in [4.69, 9.17) is 14.2 Å². The number of urea groups is 1. The summed E-state index contributed by atoms with van der Waals surface area (Å²) in [5.74, 6) is 2.74. The van der Waals surface area contributed by atoms with Gasteiger partial charge >= 0.3 is 6.03 Å². The number of likely N-dealkylation sites (tertiary alicyclic amines) is 1. The van der Waals surface area contributed by atoms with E-state index in [1.807, 2.05) is 24.0 Å². The van der Waals surface area contributed by atoms with Gasteiger partial charge in [-0.15, -0.1) is 0 Å². The molecule has 0 bridgehead atoms. The maximum absolute atomic E-state index is 12.3. The number of carbonyl (C=O) groups is 2. The maximum atomic E-state index is 12.3. The largest absolute Gasteiger partial charge is 0.496 e. The Kier molecular flexibility index (Phi) is 7.86. The predicted molar refractivity (Wildman–Crippen MR) is 150 cm³/mol. The summed E-state index contributed by atoms with van der Waals surface area (Å²) >= 11 is 0. The number of nitrogens with one attached hydrogen (secondary N) is 2. The van der Waals surface area contributed by atoms with Crippen LogP contribution in [0.1, 0.15) is 44.1 Å². The minimum atomic E-state index is -0.242. The van der Waals surface area contributed by atoms with Crippen LogP contribution in [0.5, 0.6) is 23.0 Å². The summed E-state index contributed by atoms with van der Waals surface area (Å²) in [5, 5.41) is 6.66. The molecule has 5 rings (SSSR count). The van der Waals surface area contributed by atoms with Gasteiger partial charge in [0.1, 0.15) is 23.0 Å². The first kappa shape index (κ1) is 26.3. The Morgan fingerprint density at radius 3 is 2.56 bits per heavy atom. The molecule has 204 valence electrons. The summed E-state index contributed by atoms with van der Waals surface area (Å²) in [4.78, 5) is 30.7. The summed E-state index contributed by atoms with van der Waals surface area (Å²) in [6, 6.07) is 11.2. The molecule has 1 saturated carbocycles. The third kappa shape index (κ3) is 6.08. The van der Waals surface area contributed by atoms with Gasteiger partial charge in [-0.05, 0) is 74.4 Å². The Labute approximate surface area is 228 Å². The van der Waals surface area contributed by atoms with E-state index in [2.05, 4.69) is 28.3 Å². The van der Waals surface area contributed by atoms with Crippen molar-refractivity contribution < 1.29 is 23.8 Å². The molecule has 0 atom stereocenters. The molecule has 0 spiro atoms. The van der Waals surface area contributed by atoms with E-state index in [1.165, 1.54) is 6.08 Å². The lowest BCUT2D eigenvalue weighted by Crippen LogP contribution is -2.36. The van der Waals surface area contributed by atoms with Crippen LogP contribution < -0.4 is 24.8 Å². The van der Waals surface area contributed by atoms with Crippen LogP contribution in [-0.4, -0.2) is 54.7 Å². The van der Waals surface area contributed by atoms with Crippen molar-refractivity contribution >= 4 is 28.5 Å². The average Bonchev–Trinajstić information content (AvgIpc) is 3.77. The van der Waals surface area contributed by atoms with Crippen molar-refractivity contribution in [1.29, 1.82) is 0 Å². The quantitative estimate of drug-likeness (QED) is 0.349. The fourth-order valence-corrected chi connectivity index (χ4v) is 4.93. The Morgan fingerprint density at radius 2 is 1.87 bits per heavy atom. The Hall–Kier alpha value is -4.27. The standard InChI is InChI=1S/C30H34N4O5/c1-4-29(35)34-14-11-19(12-15-34)22-17-23-25(18-27(22)37-3)31-13-10-26(23)39-21-8-9-24(28(16-21)38-5-2)33-30(36)32-20-6-7-20/h4,8-10,13,16-20H,1,5-7,11-12,14-15H2,2-3H3,(H2,32,33,36). The smallest absolute Gasteiger partial charge is 0.319 e. The van der Waals surface area contributed by atoms with Crippen molar-refractivity contribution in [3.8, 4) is 23.0 Å². The van der Waals surface area contributed by atoms with Gasteiger partial charge < -0.3 is 29.7 Å². The first-order valence-electron chi connectivity index (χ1n) is 13.4. The maximum Gasteiger partial charge on any atom is 0.319 e. The molecule has 1 saturated heterocycles. The lowest BCUT2D eigenvalue weighted by atomic mass is 9.87. The minimum absolute atomic E-state index is 0.0324. The van der Waals surface area contributed by atoms with Crippen LogP contribution >= 0.6 is 0 Å². The highest BCUT2D eigenvalue weighted by atomic mass is 16.5. The second-order valence-electron chi connectivity index (χ2n) is 9.79. The molecule has 39 heavy (non-hydrogen) atoms. The van der Waals surface area contributed by atoms with E-state index in [-0.39, 0.29) is 23.9 Å². The van der Waals surface area contributed by atoms with Crippen LogP contribution in [0.25, 0.3) is 10.9 Å². The van der Waals surface area contributed by atoms with Crippen LogP contribution in [0.4, 0.5) is 10.5 Å². The average molecular weight is 531 g/mol. The number of rotatable bonds is 9. The van der Waals surface area contributed by atoms with Gasteiger partial charge in [0, 0.05) is 42.8 Å². The molecule has 0 unspecified atom stereocenters. The lowest BCUT2D eigenvalue weighted by Gasteiger charge is -2.32. The molecular weight excluding hydrogens is 496 g/mol. The zero-order chi connectivity index (χ0) is 27.4. The van der Waals surface area contributed by atoms with Gasteiger partial charge in [0.05, 0.1) is 24.9 Å². The minimum Gasteiger partial charge on any atom is -0.496 e. The van der Waals surface area contributed by atoms with Crippen molar-refractivity contribution in [2.75, 3.05) is 32.1 Å². The molecule has 2 fully saturated rings. The van der Waals surface area contributed by atoms with E-state index < -0.39 is 0 Å².